The van der Waals surface area contributed by atoms with Gasteiger partial charge in [-0.05, 0) is 135 Å². The number of hydrogen-bond donors (Lipinski definition) is 1. The summed E-state index contributed by atoms with van der Waals surface area (Å²) >= 11 is 6.34. The number of ether oxygens (including phenoxy) is 2. The Kier molecular flexibility index (Phi) is 13.3. The lowest BCUT2D eigenvalue weighted by Gasteiger charge is -2.42. The first-order chi connectivity index (χ1) is 31.9. The predicted molar refractivity (Wildman–Crippen MR) is 259 cm³/mol. The third-order valence-electron chi connectivity index (χ3n) is 14.4. The number of methoxy groups -OCH3 is 1. The number of nitrogens with zero attached hydrogens (tertiary/aromatic N) is 6. The zero-order chi connectivity index (χ0) is 46.2. The number of rotatable bonds is 13. The van der Waals surface area contributed by atoms with Crippen LogP contribution in [0, 0.1) is 5.92 Å². The van der Waals surface area contributed by atoms with Crippen molar-refractivity contribution in [1.29, 1.82) is 0 Å². The van der Waals surface area contributed by atoms with Crippen molar-refractivity contribution in [2.45, 2.75) is 89.4 Å². The average Bonchev–Trinajstić information content (AvgIpc) is 3.57. The average molecular weight is 917 g/mol. The van der Waals surface area contributed by atoms with Crippen molar-refractivity contribution in [2.75, 3.05) is 63.2 Å². The Morgan fingerprint density at radius 1 is 0.864 bits per heavy atom. The van der Waals surface area contributed by atoms with Crippen LogP contribution < -0.4 is 30.3 Å². The van der Waals surface area contributed by atoms with Crippen LogP contribution in [0.1, 0.15) is 86.7 Å². The molecule has 0 radical (unpaired) electrons. The summed E-state index contributed by atoms with van der Waals surface area (Å²) in [6.07, 6.45) is 6.39. The van der Waals surface area contributed by atoms with Crippen molar-refractivity contribution in [3.05, 3.63) is 117 Å². The Morgan fingerprint density at radius 2 is 1.59 bits per heavy atom. The number of benzene rings is 4. The van der Waals surface area contributed by atoms with Gasteiger partial charge in [0.05, 0.1) is 36.7 Å². The Morgan fingerprint density at radius 3 is 2.27 bits per heavy atom. The van der Waals surface area contributed by atoms with Gasteiger partial charge < -0.3 is 24.2 Å². The molecule has 4 aromatic carbocycles. The third-order valence-corrected chi connectivity index (χ3v) is 14.6. The molecule has 3 aliphatic heterocycles. The number of hydrogen-bond acceptors (Lipinski definition) is 9. The summed E-state index contributed by atoms with van der Waals surface area (Å²) in [5.41, 5.74) is 7.36. The fourth-order valence-corrected chi connectivity index (χ4v) is 11.1. The van der Waals surface area contributed by atoms with Crippen LogP contribution in [0.2, 0.25) is 5.02 Å². The lowest BCUT2D eigenvalue weighted by Crippen LogP contribution is -2.51. The van der Waals surface area contributed by atoms with Gasteiger partial charge in [-0.25, -0.2) is 4.79 Å². The number of piperidine rings is 1. The van der Waals surface area contributed by atoms with Crippen LogP contribution in [0.5, 0.6) is 11.5 Å². The van der Waals surface area contributed by atoms with Crippen LogP contribution in [0.4, 0.5) is 11.4 Å². The number of para-hydroxylation sites is 1. The number of carbonyl (C=O) groups excluding carboxylic acids is 3. The second-order valence-corrected chi connectivity index (χ2v) is 19.4. The molecule has 1 aliphatic carbocycles. The van der Waals surface area contributed by atoms with E-state index < -0.39 is 11.9 Å². The zero-order valence-electron chi connectivity index (χ0n) is 38.8. The number of imide groups is 1. The van der Waals surface area contributed by atoms with E-state index >= 15 is 0 Å². The first-order valence-electron chi connectivity index (χ1n) is 23.6. The Balaban J connectivity index is 0.787. The highest BCUT2D eigenvalue weighted by atomic mass is 35.5. The van der Waals surface area contributed by atoms with Crippen molar-refractivity contribution in [1.82, 2.24) is 24.3 Å². The monoisotopic (exact) mass is 915 g/mol. The maximum Gasteiger partial charge on any atom is 0.329 e. The molecular formula is C52H62ClN7O6. The summed E-state index contributed by atoms with van der Waals surface area (Å²) in [5.74, 6) is 1.21. The topological polar surface area (TPSA) is 122 Å². The molecule has 13 nitrogen and oxygen atoms in total. The summed E-state index contributed by atoms with van der Waals surface area (Å²) in [6.45, 7) is 10.0. The highest BCUT2D eigenvalue weighted by Crippen LogP contribution is 2.44. The highest BCUT2D eigenvalue weighted by Gasteiger charge is 2.37. The number of aryl methyl sites for hydroxylation is 1. The van der Waals surface area contributed by atoms with Crippen LogP contribution in [0.25, 0.3) is 11.0 Å². The zero-order valence-corrected chi connectivity index (χ0v) is 39.6. The maximum absolute atomic E-state index is 14.1. The van der Waals surface area contributed by atoms with E-state index in [0.717, 1.165) is 90.4 Å². The van der Waals surface area contributed by atoms with E-state index in [-0.39, 0.29) is 42.5 Å². The second kappa shape index (κ2) is 19.3. The Bertz CT molecular complexity index is 2640. The van der Waals surface area contributed by atoms with Crippen LogP contribution in [-0.4, -0.2) is 102 Å². The van der Waals surface area contributed by atoms with Gasteiger partial charge in [-0.3, -0.25) is 33.7 Å². The molecule has 1 saturated carbocycles. The van der Waals surface area contributed by atoms with Gasteiger partial charge in [-0.2, -0.15) is 0 Å². The number of halogens is 1. The van der Waals surface area contributed by atoms with Gasteiger partial charge in [0.2, 0.25) is 17.7 Å². The molecule has 1 unspecified atom stereocenters. The highest BCUT2D eigenvalue weighted by molar-refractivity contribution is 6.30. The molecule has 1 N–H and O–H groups in total. The summed E-state index contributed by atoms with van der Waals surface area (Å²) in [4.78, 5) is 61.5. The smallest absolute Gasteiger partial charge is 0.329 e. The minimum atomic E-state index is -0.683. The largest absolute Gasteiger partial charge is 0.493 e. The van der Waals surface area contributed by atoms with E-state index in [1.54, 1.807) is 23.3 Å². The standard InChI is InChI=1S/C52H62ClN7O6/c1-33(2)66-46-31-42-37(29-45(46)65-5)30-48(62)59(49(42)36-11-13-38(53)14-12-36)41-19-17-39(18-20-41)55(3)32-34-9-15-40(16-10-34)58-27-25-57(26-28-58)24-23-35-7-6-8-43-50(35)56(4)52(64)60(43)44-21-22-47(61)54-51(44)63/h6-8,11-14,17-20,29,31,33-34,40,44,49H,9-10,15-16,21-28,30,32H2,1-5H3,(H,54,61,63)/t34?,40?,44?,49-/m0/s1. The van der Waals surface area contributed by atoms with Crippen molar-refractivity contribution in [2.24, 2.45) is 13.0 Å². The molecular weight excluding hydrogens is 854 g/mol. The second-order valence-electron chi connectivity index (χ2n) is 18.9. The van der Waals surface area contributed by atoms with Gasteiger partial charge in [-0.15, -0.1) is 0 Å². The van der Waals surface area contributed by atoms with Gasteiger partial charge in [0.15, 0.2) is 11.5 Å². The van der Waals surface area contributed by atoms with Gasteiger partial charge in [-0.1, -0.05) is 35.9 Å². The summed E-state index contributed by atoms with van der Waals surface area (Å²) < 4.78 is 15.1. The Labute approximate surface area is 392 Å². The van der Waals surface area contributed by atoms with Crippen molar-refractivity contribution >= 4 is 51.7 Å². The van der Waals surface area contributed by atoms with E-state index in [4.69, 9.17) is 21.1 Å². The summed E-state index contributed by atoms with van der Waals surface area (Å²) in [6, 6.07) is 25.7. The molecule has 5 aromatic rings. The number of aromatic nitrogens is 2. The normalized spacial score (nSPS) is 21.9. The third kappa shape index (κ3) is 9.22. The molecule has 3 amide bonds. The number of piperazine rings is 1. The molecule has 4 aliphatic rings. The van der Waals surface area contributed by atoms with Crippen LogP contribution in [0.3, 0.4) is 0 Å². The molecule has 0 spiro atoms. The van der Waals surface area contributed by atoms with Crippen molar-refractivity contribution < 1.29 is 23.9 Å². The lowest BCUT2D eigenvalue weighted by atomic mass is 9.84. The number of amides is 3. The number of anilines is 2. The minimum Gasteiger partial charge on any atom is -0.493 e. The molecule has 2 atom stereocenters. The van der Waals surface area contributed by atoms with Gasteiger partial charge in [0, 0.05) is 82.2 Å². The lowest BCUT2D eigenvalue weighted by molar-refractivity contribution is -0.135. The number of imidazole rings is 1. The molecule has 0 bridgehead atoms. The van der Waals surface area contributed by atoms with Gasteiger partial charge in [0.25, 0.3) is 0 Å². The Hall–Kier alpha value is -5.63. The molecule has 66 heavy (non-hydrogen) atoms. The molecule has 348 valence electrons. The van der Waals surface area contributed by atoms with Gasteiger partial charge in [0.1, 0.15) is 6.04 Å². The van der Waals surface area contributed by atoms with Gasteiger partial charge >= 0.3 is 5.69 Å². The SMILES string of the molecule is COc1cc2c(cc1OC(C)C)[C@H](c1ccc(Cl)cc1)N(c1ccc(N(C)CC3CCC(N4CCN(CCc5cccc6c5n(C)c(=O)n6C5CCC(=O)NC5=O)CC4)CC3)cc1)C(=O)C2. The fraction of sp³-hybridized carbons (Fsp3) is 0.462. The van der Waals surface area contributed by atoms with E-state index in [2.05, 4.69) is 57.4 Å². The van der Waals surface area contributed by atoms with E-state index in [0.29, 0.717) is 34.9 Å². The number of nitrogens with one attached hydrogen (secondary N) is 1. The molecule has 14 heteroatoms. The first-order valence-corrected chi connectivity index (χ1v) is 24.0. The number of carbonyl (C=O) groups is 3. The van der Waals surface area contributed by atoms with Crippen LogP contribution in [0.15, 0.2) is 83.7 Å². The molecule has 3 fully saturated rings. The maximum atomic E-state index is 14.1. The molecule has 2 saturated heterocycles. The van der Waals surface area contributed by atoms with Crippen molar-refractivity contribution in [3.8, 4) is 11.5 Å². The van der Waals surface area contributed by atoms with Crippen molar-refractivity contribution in [3.63, 3.8) is 0 Å². The van der Waals surface area contributed by atoms with Crippen LogP contribution in [-0.2, 0) is 34.3 Å². The van der Waals surface area contributed by atoms with E-state index in [1.165, 1.54) is 25.7 Å². The fourth-order valence-electron chi connectivity index (χ4n) is 11.0. The summed E-state index contributed by atoms with van der Waals surface area (Å²) in [5, 5.41) is 3.05. The first kappa shape index (κ1) is 45.5. The molecule has 4 heterocycles. The van der Waals surface area contributed by atoms with E-state index in [1.807, 2.05) is 67.3 Å². The predicted octanol–water partition coefficient (Wildman–Crippen LogP) is 7.30. The minimum absolute atomic E-state index is 0.0183. The van der Waals surface area contributed by atoms with Crippen LogP contribution >= 0.6 is 11.6 Å². The quantitative estimate of drug-likeness (QED) is 0.121. The molecule has 9 rings (SSSR count). The molecule has 1 aromatic heterocycles. The van der Waals surface area contributed by atoms with E-state index in [9.17, 15) is 19.2 Å². The summed E-state index contributed by atoms with van der Waals surface area (Å²) in [7, 11) is 5.58. The number of fused-ring (bicyclic) bond motifs is 2.